The van der Waals surface area contributed by atoms with Crippen LogP contribution in [0.4, 0.5) is 5.69 Å². The number of furan rings is 1. The monoisotopic (exact) mass is 499 g/mol. The molecule has 1 amide bonds. The minimum atomic E-state index is -0.789. The van der Waals surface area contributed by atoms with E-state index in [1.807, 2.05) is 61.5 Å². The second kappa shape index (κ2) is 11.5. The molecule has 1 atom stereocenters. The highest BCUT2D eigenvalue weighted by Gasteiger charge is 2.38. The van der Waals surface area contributed by atoms with Crippen LogP contribution in [-0.2, 0) is 14.3 Å². The fourth-order valence-corrected chi connectivity index (χ4v) is 4.80. The van der Waals surface area contributed by atoms with E-state index in [2.05, 4.69) is 16.7 Å². The number of hydrogen-bond donors (Lipinski definition) is 2. The molecule has 2 N–H and O–H groups in total. The van der Waals surface area contributed by atoms with Crippen LogP contribution >= 0.6 is 11.8 Å². The van der Waals surface area contributed by atoms with Crippen molar-refractivity contribution >= 4 is 35.0 Å². The lowest BCUT2D eigenvalue weighted by Gasteiger charge is -2.29. The van der Waals surface area contributed by atoms with Crippen LogP contribution in [0.15, 0.2) is 93.6 Å². The van der Waals surface area contributed by atoms with Gasteiger partial charge in [-0.15, -0.1) is 0 Å². The summed E-state index contributed by atoms with van der Waals surface area (Å²) in [5, 5.41) is 16.8. The summed E-state index contributed by atoms with van der Waals surface area (Å²) in [4.78, 5) is 25.9. The van der Waals surface area contributed by atoms with Crippen molar-refractivity contribution in [2.24, 2.45) is 0 Å². The molecule has 4 rings (SSSR count). The number of thioether (sulfide) groups is 1. The van der Waals surface area contributed by atoms with E-state index in [1.165, 1.54) is 18.0 Å². The Bertz CT molecular complexity index is 1350. The summed E-state index contributed by atoms with van der Waals surface area (Å²) >= 11 is 1.19. The smallest absolute Gasteiger partial charge is 0.337 e. The van der Waals surface area contributed by atoms with E-state index in [-0.39, 0.29) is 29.4 Å². The summed E-state index contributed by atoms with van der Waals surface area (Å²) in [7, 11) is 0. The number of nitriles is 1. The summed E-state index contributed by atoms with van der Waals surface area (Å²) in [6.45, 7) is 3.86. The van der Waals surface area contributed by atoms with Gasteiger partial charge in [-0.1, -0.05) is 54.2 Å². The van der Waals surface area contributed by atoms with Gasteiger partial charge in [0.25, 0.3) is 0 Å². The Hall–Kier alpha value is -4.22. The first-order valence-corrected chi connectivity index (χ1v) is 12.4. The standard InChI is InChI=1S/C28H25N3O4S/c1-3-34-28(33)25-24(22-13-8-14-35-22)21(16-29)27(31-26(25)19-10-5-4-6-11-19)36-17-23(32)30-20-12-7-9-18(2)15-20/h4-15,24,31H,3,17H2,1-2H3,(H,30,32). The number of dihydropyridines is 1. The third-order valence-electron chi connectivity index (χ3n) is 5.49. The van der Waals surface area contributed by atoms with Crippen molar-refractivity contribution in [2.75, 3.05) is 17.7 Å². The molecule has 3 aromatic rings. The highest BCUT2D eigenvalue weighted by atomic mass is 32.2. The molecule has 0 radical (unpaired) electrons. The number of esters is 1. The number of rotatable bonds is 8. The average Bonchev–Trinajstić information content (AvgIpc) is 3.42. The van der Waals surface area contributed by atoms with E-state index in [4.69, 9.17) is 9.15 Å². The third kappa shape index (κ3) is 5.53. The number of amides is 1. The molecule has 7 nitrogen and oxygen atoms in total. The van der Waals surface area contributed by atoms with E-state index in [0.717, 1.165) is 11.1 Å². The number of anilines is 1. The number of benzene rings is 2. The molecule has 1 aromatic heterocycles. The molecule has 0 saturated heterocycles. The van der Waals surface area contributed by atoms with Crippen LogP contribution in [0.25, 0.3) is 5.70 Å². The van der Waals surface area contributed by atoms with E-state index in [9.17, 15) is 14.9 Å². The molecule has 182 valence electrons. The van der Waals surface area contributed by atoms with Crippen LogP contribution in [0.5, 0.6) is 0 Å². The molecule has 2 aromatic carbocycles. The maximum atomic E-state index is 13.2. The highest BCUT2D eigenvalue weighted by Crippen LogP contribution is 2.43. The number of nitrogens with one attached hydrogen (secondary N) is 2. The summed E-state index contributed by atoms with van der Waals surface area (Å²) in [6, 6.07) is 22.5. The van der Waals surface area contributed by atoms with E-state index in [1.54, 1.807) is 19.1 Å². The van der Waals surface area contributed by atoms with Crippen molar-refractivity contribution in [1.29, 1.82) is 5.26 Å². The Labute approximate surface area is 213 Å². The molecule has 36 heavy (non-hydrogen) atoms. The van der Waals surface area contributed by atoms with Crippen LogP contribution in [0.1, 0.15) is 29.7 Å². The average molecular weight is 500 g/mol. The molecule has 8 heteroatoms. The van der Waals surface area contributed by atoms with Gasteiger partial charge in [0.1, 0.15) is 5.76 Å². The number of carbonyl (C=O) groups is 2. The van der Waals surface area contributed by atoms with Gasteiger partial charge < -0.3 is 19.8 Å². The predicted molar refractivity (Wildman–Crippen MR) is 139 cm³/mol. The van der Waals surface area contributed by atoms with Gasteiger partial charge in [-0.05, 0) is 49.2 Å². The largest absolute Gasteiger partial charge is 0.468 e. The van der Waals surface area contributed by atoms with Gasteiger partial charge >= 0.3 is 5.97 Å². The zero-order chi connectivity index (χ0) is 25.5. The van der Waals surface area contributed by atoms with Gasteiger partial charge in [0.2, 0.25) is 5.91 Å². The van der Waals surface area contributed by atoms with Gasteiger partial charge in [0.15, 0.2) is 0 Å². The fraction of sp³-hybridized carbons (Fsp3) is 0.179. The molecule has 2 heterocycles. The second-order valence-electron chi connectivity index (χ2n) is 8.01. The first-order chi connectivity index (χ1) is 17.5. The lowest BCUT2D eigenvalue weighted by atomic mass is 9.84. The SMILES string of the molecule is CCOC(=O)C1=C(c2ccccc2)NC(SCC(=O)Nc2cccc(C)c2)=C(C#N)C1c1ccco1. The maximum Gasteiger partial charge on any atom is 0.337 e. The van der Waals surface area contributed by atoms with Gasteiger partial charge in [-0.3, -0.25) is 4.79 Å². The molecule has 0 fully saturated rings. The number of nitrogens with zero attached hydrogens (tertiary/aromatic N) is 1. The number of ether oxygens (including phenoxy) is 1. The van der Waals surface area contributed by atoms with Crippen molar-refractivity contribution in [3.8, 4) is 6.07 Å². The third-order valence-corrected chi connectivity index (χ3v) is 6.50. The van der Waals surface area contributed by atoms with Crippen LogP contribution < -0.4 is 10.6 Å². The summed E-state index contributed by atoms with van der Waals surface area (Å²) in [5.41, 5.74) is 3.56. The Balaban J connectivity index is 1.71. The van der Waals surface area contributed by atoms with Gasteiger partial charge in [0.05, 0.1) is 52.5 Å². The van der Waals surface area contributed by atoms with Crippen molar-refractivity contribution in [3.05, 3.63) is 106 Å². The maximum absolute atomic E-state index is 13.2. The first kappa shape index (κ1) is 24.9. The van der Waals surface area contributed by atoms with Crippen molar-refractivity contribution in [3.63, 3.8) is 0 Å². The molecule has 0 saturated carbocycles. The van der Waals surface area contributed by atoms with Gasteiger partial charge in [-0.2, -0.15) is 5.26 Å². The van der Waals surface area contributed by atoms with Crippen LogP contribution in [0.2, 0.25) is 0 Å². The van der Waals surface area contributed by atoms with Crippen LogP contribution in [-0.4, -0.2) is 24.2 Å². The molecular weight excluding hydrogens is 474 g/mol. The molecule has 0 spiro atoms. The Morgan fingerprint density at radius 1 is 1.14 bits per heavy atom. The normalized spacial score (nSPS) is 15.2. The number of carbonyl (C=O) groups excluding carboxylic acids is 2. The predicted octanol–water partition coefficient (Wildman–Crippen LogP) is 5.36. The van der Waals surface area contributed by atoms with Crippen molar-refractivity contribution < 1.29 is 18.7 Å². The van der Waals surface area contributed by atoms with E-state index >= 15 is 0 Å². The van der Waals surface area contributed by atoms with Gasteiger partial charge in [-0.25, -0.2) is 4.79 Å². The number of allylic oxidation sites excluding steroid dienone is 1. The summed E-state index contributed by atoms with van der Waals surface area (Å²) in [6.07, 6.45) is 1.50. The molecule has 0 bridgehead atoms. The topological polar surface area (TPSA) is 104 Å². The van der Waals surface area contributed by atoms with Crippen LogP contribution in [0, 0.1) is 18.3 Å². The van der Waals surface area contributed by atoms with Gasteiger partial charge in [0, 0.05) is 5.69 Å². The number of hydrogen-bond acceptors (Lipinski definition) is 7. The van der Waals surface area contributed by atoms with E-state index in [0.29, 0.717) is 22.2 Å². The summed E-state index contributed by atoms with van der Waals surface area (Å²) < 4.78 is 11.1. The minimum Gasteiger partial charge on any atom is -0.468 e. The minimum absolute atomic E-state index is 0.0587. The Morgan fingerprint density at radius 2 is 1.94 bits per heavy atom. The highest BCUT2D eigenvalue weighted by molar-refractivity contribution is 8.03. The molecule has 1 unspecified atom stereocenters. The van der Waals surface area contributed by atoms with Crippen molar-refractivity contribution in [2.45, 2.75) is 19.8 Å². The molecule has 1 aliphatic rings. The lowest BCUT2D eigenvalue weighted by molar-refractivity contribution is -0.138. The van der Waals surface area contributed by atoms with E-state index < -0.39 is 11.9 Å². The quantitative estimate of drug-likeness (QED) is 0.402. The molecular formula is C28H25N3O4S. The van der Waals surface area contributed by atoms with Crippen LogP contribution in [0.3, 0.4) is 0 Å². The zero-order valence-corrected chi connectivity index (χ0v) is 20.7. The Kier molecular flexibility index (Phi) is 7.93. The van der Waals surface area contributed by atoms with Crippen molar-refractivity contribution in [1.82, 2.24) is 5.32 Å². The Morgan fingerprint density at radius 3 is 2.61 bits per heavy atom. The second-order valence-corrected chi connectivity index (χ2v) is 9.00. The summed E-state index contributed by atoms with van der Waals surface area (Å²) in [5.74, 6) is -1.05. The fourth-order valence-electron chi connectivity index (χ4n) is 3.96. The molecule has 0 aliphatic carbocycles. The number of aryl methyl sites for hydroxylation is 1. The first-order valence-electron chi connectivity index (χ1n) is 11.4. The lowest BCUT2D eigenvalue weighted by Crippen LogP contribution is -2.29. The molecule has 1 aliphatic heterocycles. The zero-order valence-electron chi connectivity index (χ0n) is 19.9.